The lowest BCUT2D eigenvalue weighted by atomic mass is 9.91. The van der Waals surface area contributed by atoms with Crippen LogP contribution in [-0.2, 0) is 4.66 Å². The first-order valence-corrected chi connectivity index (χ1v) is 36.7. The third-order valence-corrected chi connectivity index (χ3v) is 28.5. The van der Waals surface area contributed by atoms with E-state index < -0.39 is 16.1 Å². The zero-order valence-corrected chi connectivity index (χ0v) is 50.6. The fourth-order valence-electron chi connectivity index (χ4n) is 15.5. The van der Waals surface area contributed by atoms with Gasteiger partial charge in [0.1, 0.15) is 11.2 Å². The minimum Gasteiger partial charge on any atom is -0.453 e. The molecule has 0 atom stereocenters. The second kappa shape index (κ2) is 19.2. The summed E-state index contributed by atoms with van der Waals surface area (Å²) in [7, 11) is -4.50. The summed E-state index contributed by atoms with van der Waals surface area (Å²) in [5, 5.41) is 12.2. The Morgan fingerprint density at radius 2 is 0.706 bits per heavy atom. The highest BCUT2D eigenvalue weighted by Gasteiger charge is 2.60. The van der Waals surface area contributed by atoms with E-state index in [-0.39, 0.29) is 4.66 Å². The summed E-state index contributed by atoms with van der Waals surface area (Å²) in [4.78, 5) is 4.81. The Bertz CT molecular complexity index is 5140. The summed E-state index contributed by atoms with van der Waals surface area (Å²) < 4.78 is 14.1. The van der Waals surface area contributed by atoms with Crippen molar-refractivity contribution in [2.24, 2.45) is 0 Å². The molecule has 2 aromatic heterocycles. The summed E-state index contributed by atoms with van der Waals surface area (Å²) >= 11 is 0. The van der Waals surface area contributed by atoms with Gasteiger partial charge in [-0.15, -0.1) is 0 Å². The molecule has 6 heteroatoms. The van der Waals surface area contributed by atoms with Crippen molar-refractivity contribution < 1.29 is 8.83 Å². The van der Waals surface area contributed by atoms with Gasteiger partial charge in [-0.1, -0.05) is 246 Å². The molecule has 0 radical (unpaired) electrons. The van der Waals surface area contributed by atoms with E-state index in [1.54, 1.807) is 0 Å². The third kappa shape index (κ3) is 7.58. The van der Waals surface area contributed by atoms with Gasteiger partial charge in [-0.05, 0) is 126 Å². The van der Waals surface area contributed by atoms with Crippen LogP contribution in [0.15, 0.2) is 276 Å². The van der Waals surface area contributed by atoms with Crippen LogP contribution in [0.2, 0.25) is 39.3 Å². The predicted molar refractivity (Wildman–Crippen MR) is 367 cm³/mol. The molecule has 0 bridgehead atoms. The number of benzene rings is 13. The fraction of sp³-hybridized carbons (Fsp3) is 0.0886. The van der Waals surface area contributed by atoms with Crippen molar-refractivity contribution in [3.8, 4) is 33.4 Å². The number of rotatable bonds is 10. The minimum absolute atomic E-state index is 0.194. The molecule has 85 heavy (non-hydrogen) atoms. The van der Waals surface area contributed by atoms with E-state index in [2.05, 4.69) is 316 Å². The monoisotopic (exact) mass is 1130 g/mol. The Balaban J connectivity index is 0.907. The van der Waals surface area contributed by atoms with Crippen molar-refractivity contribution in [1.82, 2.24) is 0 Å². The van der Waals surface area contributed by atoms with Crippen LogP contribution in [0.3, 0.4) is 0 Å². The smallest absolute Gasteiger partial charge is 0.159 e. The van der Waals surface area contributed by atoms with Crippen molar-refractivity contribution in [3.63, 3.8) is 0 Å². The zero-order chi connectivity index (χ0) is 57.3. The van der Waals surface area contributed by atoms with Crippen LogP contribution in [0.25, 0.3) is 110 Å². The summed E-state index contributed by atoms with van der Waals surface area (Å²) in [5.74, 6) is 0. The lowest BCUT2D eigenvalue weighted by Gasteiger charge is -2.52. The highest BCUT2D eigenvalue weighted by Crippen LogP contribution is 2.64. The number of hydrogen-bond acceptors (Lipinski definition) is 4. The zero-order valence-electron chi connectivity index (χ0n) is 48.6. The topological polar surface area (TPSA) is 32.8 Å². The molecule has 4 nitrogen and oxygen atoms in total. The van der Waals surface area contributed by atoms with Gasteiger partial charge in [0.05, 0.1) is 27.5 Å². The molecule has 0 aliphatic heterocycles. The highest BCUT2D eigenvalue weighted by molar-refractivity contribution is 7.00. The standard InChI is InChI=1S/C79H62N2O2Si2/c1-84(2,3)79(85(4,5)6)73-58-47-44-56(80(54-29-15-9-16-30-54)70-41-23-39-66-64-37-21-35-59(75(64)82-77(66)70)51-25-11-7-12-26-51)49-53(58)43-46-68(73)72-62-34-20-19-33-61(62)69-50-57(45-48-63(69)74(72)79)81(55-31-17-10-18-32-55)71-42-24-40-67-65-38-22-36-60(76(65)83-78(67)71)52-27-13-8-14-28-52/h7-50H,1-6H3. The van der Waals surface area contributed by atoms with Crippen LogP contribution in [-0.4, -0.2) is 16.1 Å². The van der Waals surface area contributed by atoms with Crippen LogP contribution in [0.4, 0.5) is 34.1 Å². The lowest BCUT2D eigenvalue weighted by Crippen LogP contribution is -2.63. The summed E-state index contributed by atoms with van der Waals surface area (Å²) in [6.07, 6.45) is 0. The van der Waals surface area contributed by atoms with E-state index in [0.717, 1.165) is 100 Å². The predicted octanol–water partition coefficient (Wildman–Crippen LogP) is 23.2. The molecule has 408 valence electrons. The number of fused-ring (bicyclic) bond motifs is 16. The minimum atomic E-state index is -2.25. The van der Waals surface area contributed by atoms with Crippen LogP contribution in [0.1, 0.15) is 11.1 Å². The maximum atomic E-state index is 7.16. The van der Waals surface area contributed by atoms with Gasteiger partial charge in [-0.3, -0.25) is 0 Å². The summed E-state index contributed by atoms with van der Waals surface area (Å²) in [6.45, 7) is 15.9. The second-order valence-electron chi connectivity index (χ2n) is 25.1. The summed E-state index contributed by atoms with van der Waals surface area (Å²) in [6, 6.07) is 97.8. The average molecular weight is 1130 g/mol. The summed E-state index contributed by atoms with van der Waals surface area (Å²) in [5.41, 5.74) is 20.1. The maximum absolute atomic E-state index is 7.16. The number of furan rings is 2. The molecule has 16 rings (SSSR count). The first-order valence-electron chi connectivity index (χ1n) is 29.7. The van der Waals surface area contributed by atoms with Crippen LogP contribution >= 0.6 is 0 Å². The Morgan fingerprint density at radius 1 is 0.282 bits per heavy atom. The number of anilines is 6. The van der Waals surface area contributed by atoms with Crippen molar-refractivity contribution in [3.05, 3.63) is 278 Å². The van der Waals surface area contributed by atoms with Crippen LogP contribution in [0.5, 0.6) is 0 Å². The molecule has 1 aliphatic rings. The Labute approximate surface area is 497 Å². The molecule has 0 saturated heterocycles. The quantitative estimate of drug-likeness (QED) is 0.101. The van der Waals surface area contributed by atoms with E-state index in [4.69, 9.17) is 8.83 Å². The molecule has 0 unspecified atom stereocenters. The van der Waals surface area contributed by atoms with E-state index >= 15 is 0 Å². The molecule has 0 amide bonds. The Kier molecular flexibility index (Phi) is 11.5. The molecule has 0 spiro atoms. The second-order valence-corrected chi connectivity index (χ2v) is 36.1. The van der Waals surface area contributed by atoms with Gasteiger partial charge in [0, 0.05) is 60.1 Å². The Hall–Kier alpha value is -9.73. The SMILES string of the molecule is C[Si](C)(C)C1([Si](C)(C)C)c2c(ccc3cc(N(c4ccccc4)c4cccc5c4oc4c(-c6ccccc6)cccc45)ccc23)-c2c1c1ccc(N(c3ccccc3)c3cccc4c3oc3c(-c5ccccc5)cccc34)cc1c1ccccc21. The largest absolute Gasteiger partial charge is 0.453 e. The molecular weight excluding hydrogens is 1070 g/mol. The van der Waals surface area contributed by atoms with Crippen molar-refractivity contribution in [1.29, 1.82) is 0 Å². The van der Waals surface area contributed by atoms with Crippen LogP contribution in [0, 0.1) is 0 Å². The van der Waals surface area contributed by atoms with Crippen molar-refractivity contribution in [2.75, 3.05) is 9.80 Å². The Morgan fingerprint density at radius 3 is 1.21 bits per heavy atom. The molecule has 13 aromatic carbocycles. The van der Waals surface area contributed by atoms with Gasteiger partial charge in [0.2, 0.25) is 0 Å². The number of nitrogens with zero attached hydrogens (tertiary/aromatic N) is 2. The van der Waals surface area contributed by atoms with Gasteiger partial charge < -0.3 is 18.6 Å². The third-order valence-electron chi connectivity index (χ3n) is 18.5. The molecule has 0 saturated carbocycles. The van der Waals surface area contributed by atoms with E-state index in [0.29, 0.717) is 0 Å². The first kappa shape index (κ1) is 51.0. The molecule has 2 heterocycles. The van der Waals surface area contributed by atoms with E-state index in [9.17, 15) is 0 Å². The molecular formula is C79H62N2O2Si2. The van der Waals surface area contributed by atoms with E-state index in [1.807, 2.05) is 0 Å². The van der Waals surface area contributed by atoms with Crippen LogP contribution < -0.4 is 9.80 Å². The fourth-order valence-corrected chi connectivity index (χ4v) is 28.5. The number of hydrogen-bond donors (Lipinski definition) is 0. The van der Waals surface area contributed by atoms with Gasteiger partial charge in [-0.25, -0.2) is 0 Å². The van der Waals surface area contributed by atoms with Gasteiger partial charge in [-0.2, -0.15) is 0 Å². The normalized spacial score (nSPS) is 13.2. The van der Waals surface area contributed by atoms with E-state index in [1.165, 1.54) is 54.6 Å². The maximum Gasteiger partial charge on any atom is 0.159 e. The average Bonchev–Trinajstić information content (AvgIpc) is 1.58. The lowest BCUT2D eigenvalue weighted by molar-refractivity contribution is 0.670. The van der Waals surface area contributed by atoms with Gasteiger partial charge in [0.25, 0.3) is 0 Å². The van der Waals surface area contributed by atoms with Crippen molar-refractivity contribution >= 4 is 126 Å². The molecule has 0 fully saturated rings. The first-order chi connectivity index (χ1) is 41.5. The highest BCUT2D eigenvalue weighted by atomic mass is 28.4. The van der Waals surface area contributed by atoms with Gasteiger partial charge in [0.15, 0.2) is 11.2 Å². The number of para-hydroxylation sites is 6. The molecule has 0 N–H and O–H groups in total. The van der Waals surface area contributed by atoms with Crippen molar-refractivity contribution in [2.45, 2.75) is 43.9 Å². The van der Waals surface area contributed by atoms with Gasteiger partial charge >= 0.3 is 0 Å². The molecule has 15 aromatic rings. The molecule has 1 aliphatic carbocycles.